The first-order valence-electron chi connectivity index (χ1n) is 7.46. The Morgan fingerprint density at radius 3 is 2.87 bits per heavy atom. The zero-order valence-electron chi connectivity index (χ0n) is 13.5. The van der Waals surface area contributed by atoms with Crippen molar-refractivity contribution in [3.8, 4) is 0 Å². The molecule has 0 saturated heterocycles. The fraction of sp³-hybridized carbons (Fsp3) is 0.438. The molecule has 0 fully saturated rings. The van der Waals surface area contributed by atoms with Crippen LogP contribution in [0.4, 0.5) is 5.69 Å². The molecule has 1 amide bonds. The van der Waals surface area contributed by atoms with E-state index in [1.165, 1.54) is 0 Å². The van der Waals surface area contributed by atoms with Crippen molar-refractivity contribution in [2.24, 2.45) is 5.16 Å². The summed E-state index contributed by atoms with van der Waals surface area (Å²) < 4.78 is 4.76. The lowest BCUT2D eigenvalue weighted by atomic mass is 10.1. The highest BCUT2D eigenvalue weighted by Crippen LogP contribution is 2.35. The first kappa shape index (κ1) is 17.3. The predicted molar refractivity (Wildman–Crippen MR) is 90.0 cm³/mol. The zero-order chi connectivity index (χ0) is 16.8. The van der Waals surface area contributed by atoms with Gasteiger partial charge in [0.2, 0.25) is 12.5 Å². The standard InChI is InChI=1S/C16H20N2O4S/c1-4-18-13-8-12(6-7-14(13)23-10-15(18)19)11(3)17-22-9-16(20)21-5-2/h6-8H,4-5,9-10H2,1-3H3/b17-11-. The Morgan fingerprint density at radius 1 is 1.39 bits per heavy atom. The molecule has 2 rings (SSSR count). The number of benzene rings is 1. The Labute approximate surface area is 139 Å². The number of amides is 1. The van der Waals surface area contributed by atoms with Gasteiger partial charge in [-0.25, -0.2) is 4.79 Å². The van der Waals surface area contributed by atoms with Crippen molar-refractivity contribution in [1.29, 1.82) is 0 Å². The van der Waals surface area contributed by atoms with Gasteiger partial charge in [0.25, 0.3) is 0 Å². The van der Waals surface area contributed by atoms with Crippen LogP contribution in [0.1, 0.15) is 26.3 Å². The summed E-state index contributed by atoms with van der Waals surface area (Å²) in [5.41, 5.74) is 2.38. The highest BCUT2D eigenvalue weighted by atomic mass is 32.2. The molecule has 1 aliphatic heterocycles. The number of nitrogens with zero attached hydrogens (tertiary/aromatic N) is 2. The lowest BCUT2D eigenvalue weighted by molar-refractivity contribution is -0.148. The summed E-state index contributed by atoms with van der Waals surface area (Å²) in [6.07, 6.45) is 0. The number of thioether (sulfide) groups is 1. The highest BCUT2D eigenvalue weighted by molar-refractivity contribution is 8.00. The van der Waals surface area contributed by atoms with Crippen molar-refractivity contribution >= 4 is 35.0 Å². The van der Waals surface area contributed by atoms with E-state index in [4.69, 9.17) is 9.57 Å². The summed E-state index contributed by atoms with van der Waals surface area (Å²) in [6, 6.07) is 5.84. The molecule has 1 heterocycles. The normalized spacial score (nSPS) is 14.5. The molecule has 0 N–H and O–H groups in total. The van der Waals surface area contributed by atoms with Gasteiger partial charge in [-0.05, 0) is 32.9 Å². The molecule has 23 heavy (non-hydrogen) atoms. The largest absolute Gasteiger partial charge is 0.463 e. The number of carbonyl (C=O) groups excluding carboxylic acids is 2. The van der Waals surface area contributed by atoms with Gasteiger partial charge in [0.05, 0.1) is 23.8 Å². The minimum absolute atomic E-state index is 0.107. The molecule has 0 unspecified atom stereocenters. The maximum Gasteiger partial charge on any atom is 0.347 e. The summed E-state index contributed by atoms with van der Waals surface area (Å²) in [5, 5.41) is 3.94. The van der Waals surface area contributed by atoms with Crippen molar-refractivity contribution in [3.05, 3.63) is 23.8 Å². The fourth-order valence-electron chi connectivity index (χ4n) is 2.21. The van der Waals surface area contributed by atoms with Crippen molar-refractivity contribution in [2.45, 2.75) is 25.7 Å². The lowest BCUT2D eigenvalue weighted by Crippen LogP contribution is -2.35. The van der Waals surface area contributed by atoms with E-state index in [2.05, 4.69) is 5.16 Å². The van der Waals surface area contributed by atoms with Crippen LogP contribution >= 0.6 is 11.8 Å². The summed E-state index contributed by atoms with van der Waals surface area (Å²) in [5.74, 6) is 0.125. The van der Waals surface area contributed by atoms with Gasteiger partial charge >= 0.3 is 5.97 Å². The number of esters is 1. The molecule has 7 heteroatoms. The van der Waals surface area contributed by atoms with Crippen LogP contribution in [-0.2, 0) is 19.2 Å². The molecule has 0 aromatic heterocycles. The molecule has 0 radical (unpaired) electrons. The Hall–Kier alpha value is -2.02. The van der Waals surface area contributed by atoms with E-state index in [1.54, 1.807) is 30.5 Å². The van der Waals surface area contributed by atoms with Gasteiger partial charge in [-0.2, -0.15) is 0 Å². The number of hydrogen-bond acceptors (Lipinski definition) is 6. The van der Waals surface area contributed by atoms with Crippen molar-refractivity contribution in [1.82, 2.24) is 0 Å². The Bertz CT molecular complexity index is 631. The topological polar surface area (TPSA) is 68.2 Å². The molecule has 0 bridgehead atoms. The van der Waals surface area contributed by atoms with Crippen LogP contribution < -0.4 is 4.90 Å². The van der Waals surface area contributed by atoms with Gasteiger partial charge in [0, 0.05) is 17.0 Å². The van der Waals surface area contributed by atoms with E-state index < -0.39 is 5.97 Å². The van der Waals surface area contributed by atoms with Crippen LogP contribution in [0, 0.1) is 0 Å². The van der Waals surface area contributed by atoms with Gasteiger partial charge in [-0.15, -0.1) is 11.8 Å². The minimum atomic E-state index is -0.450. The molecular formula is C16H20N2O4S. The molecule has 1 aliphatic rings. The van der Waals surface area contributed by atoms with Gasteiger partial charge < -0.3 is 14.5 Å². The number of anilines is 1. The van der Waals surface area contributed by atoms with Gasteiger partial charge in [-0.1, -0.05) is 11.2 Å². The van der Waals surface area contributed by atoms with Crippen LogP contribution in [0.3, 0.4) is 0 Å². The maximum atomic E-state index is 12.0. The lowest BCUT2D eigenvalue weighted by Gasteiger charge is -2.28. The molecule has 1 aromatic carbocycles. The van der Waals surface area contributed by atoms with Crippen LogP contribution in [0.15, 0.2) is 28.3 Å². The van der Waals surface area contributed by atoms with Gasteiger partial charge in [0.15, 0.2) is 0 Å². The van der Waals surface area contributed by atoms with E-state index in [-0.39, 0.29) is 12.5 Å². The number of carbonyl (C=O) groups is 2. The Kier molecular flexibility index (Phi) is 6.04. The molecule has 0 atom stereocenters. The number of ether oxygens (including phenoxy) is 1. The third kappa shape index (κ3) is 4.25. The van der Waals surface area contributed by atoms with Gasteiger partial charge in [0.1, 0.15) is 0 Å². The average molecular weight is 336 g/mol. The molecule has 124 valence electrons. The average Bonchev–Trinajstić information content (AvgIpc) is 2.54. The maximum absolute atomic E-state index is 12.0. The third-order valence-corrected chi connectivity index (χ3v) is 4.37. The minimum Gasteiger partial charge on any atom is -0.463 e. The first-order chi connectivity index (χ1) is 11.1. The quantitative estimate of drug-likeness (QED) is 0.453. The van der Waals surface area contributed by atoms with Crippen LogP contribution in [0.5, 0.6) is 0 Å². The van der Waals surface area contributed by atoms with Crippen LogP contribution in [0.2, 0.25) is 0 Å². The van der Waals surface area contributed by atoms with E-state index in [0.29, 0.717) is 24.6 Å². The number of oxime groups is 1. The van der Waals surface area contributed by atoms with Gasteiger partial charge in [-0.3, -0.25) is 4.79 Å². The van der Waals surface area contributed by atoms with E-state index in [1.807, 2.05) is 25.1 Å². The van der Waals surface area contributed by atoms with E-state index in [0.717, 1.165) is 16.1 Å². The predicted octanol–water partition coefficient (Wildman–Crippen LogP) is 2.45. The van der Waals surface area contributed by atoms with Crippen LogP contribution in [0.25, 0.3) is 0 Å². The summed E-state index contributed by atoms with van der Waals surface area (Å²) >= 11 is 1.54. The molecular weight excluding hydrogens is 316 g/mol. The second-order valence-electron chi connectivity index (χ2n) is 4.86. The molecule has 0 spiro atoms. The molecule has 1 aromatic rings. The van der Waals surface area contributed by atoms with Crippen molar-refractivity contribution in [2.75, 3.05) is 30.4 Å². The third-order valence-electron chi connectivity index (χ3n) is 3.33. The van der Waals surface area contributed by atoms with Crippen molar-refractivity contribution in [3.63, 3.8) is 0 Å². The second-order valence-corrected chi connectivity index (χ2v) is 5.88. The zero-order valence-corrected chi connectivity index (χ0v) is 14.3. The number of hydrogen-bond donors (Lipinski definition) is 0. The molecule has 6 nitrogen and oxygen atoms in total. The monoisotopic (exact) mass is 336 g/mol. The Morgan fingerprint density at radius 2 is 2.17 bits per heavy atom. The summed E-state index contributed by atoms with van der Waals surface area (Å²) in [7, 11) is 0. The van der Waals surface area contributed by atoms with E-state index in [9.17, 15) is 9.59 Å². The first-order valence-corrected chi connectivity index (χ1v) is 8.45. The molecule has 0 aliphatic carbocycles. The van der Waals surface area contributed by atoms with Crippen LogP contribution in [-0.4, -0.2) is 43.1 Å². The van der Waals surface area contributed by atoms with E-state index >= 15 is 0 Å². The smallest absolute Gasteiger partial charge is 0.347 e. The highest BCUT2D eigenvalue weighted by Gasteiger charge is 2.23. The fourth-order valence-corrected chi connectivity index (χ4v) is 3.13. The number of rotatable bonds is 6. The Balaban J connectivity index is 2.13. The van der Waals surface area contributed by atoms with Crippen molar-refractivity contribution < 1.29 is 19.2 Å². The summed E-state index contributed by atoms with van der Waals surface area (Å²) in [4.78, 5) is 31.0. The molecule has 0 saturated carbocycles. The second kappa shape index (κ2) is 8.01. The SMILES string of the molecule is CCOC(=O)CO/N=C(/C)c1ccc2c(c1)N(CC)C(=O)CS2. The summed E-state index contributed by atoms with van der Waals surface area (Å²) in [6.45, 7) is 6.21. The number of fused-ring (bicyclic) bond motifs is 1.